The summed E-state index contributed by atoms with van der Waals surface area (Å²) in [5.74, 6) is -1.56. The highest BCUT2D eigenvalue weighted by Crippen LogP contribution is 2.25. The first-order valence-corrected chi connectivity index (χ1v) is 6.55. The molecule has 21 heavy (non-hydrogen) atoms. The minimum Gasteiger partial charge on any atom is -0.466 e. The summed E-state index contributed by atoms with van der Waals surface area (Å²) in [6.45, 7) is 0. The van der Waals surface area contributed by atoms with Crippen LogP contribution in [0.4, 0.5) is 11.4 Å². The number of hydrogen-bond donors (Lipinski definition) is 1. The second-order valence-electron chi connectivity index (χ2n) is 3.62. The Morgan fingerprint density at radius 1 is 1.33 bits per heavy atom. The van der Waals surface area contributed by atoms with E-state index in [1.165, 1.54) is 18.2 Å². The lowest BCUT2D eigenvalue weighted by molar-refractivity contribution is -0.384. The van der Waals surface area contributed by atoms with Crippen LogP contribution in [-0.4, -0.2) is 31.1 Å². The summed E-state index contributed by atoms with van der Waals surface area (Å²) in [6, 6.07) is 4.08. The fraction of sp³-hybridized carbons (Fsp3) is 0.167. The fourth-order valence-corrected chi connectivity index (χ4v) is 1.77. The molecule has 1 N–H and O–H groups in total. The average Bonchev–Trinajstić information content (AvgIpc) is 2.47. The van der Waals surface area contributed by atoms with Gasteiger partial charge in [-0.25, -0.2) is 9.59 Å². The summed E-state index contributed by atoms with van der Waals surface area (Å²) < 4.78 is 9.59. The van der Waals surface area contributed by atoms with Crippen LogP contribution in [0.25, 0.3) is 0 Å². The number of nitrogens with one attached hydrogen (secondary N) is 1. The molecule has 0 aliphatic rings. The van der Waals surface area contributed by atoms with E-state index in [9.17, 15) is 19.7 Å². The number of ether oxygens (including phenoxy) is 2. The van der Waals surface area contributed by atoms with Crippen molar-refractivity contribution in [2.75, 3.05) is 19.5 Å². The van der Waals surface area contributed by atoms with Crippen molar-refractivity contribution in [2.24, 2.45) is 0 Å². The molecule has 112 valence electrons. The molecule has 0 aliphatic heterocycles. The molecular formula is C12H11IN2O6. The zero-order chi connectivity index (χ0) is 16.0. The number of hydrogen-bond acceptors (Lipinski definition) is 7. The summed E-state index contributed by atoms with van der Waals surface area (Å²) in [5, 5.41) is 13.4. The van der Waals surface area contributed by atoms with Crippen molar-refractivity contribution in [2.45, 2.75) is 0 Å². The first-order valence-electron chi connectivity index (χ1n) is 5.48. The number of nitro groups is 1. The minimum absolute atomic E-state index is 0.153. The van der Waals surface area contributed by atoms with Crippen molar-refractivity contribution in [1.82, 2.24) is 0 Å². The number of halogens is 1. The van der Waals surface area contributed by atoms with Gasteiger partial charge in [-0.15, -0.1) is 0 Å². The number of esters is 2. The molecule has 0 spiro atoms. The molecule has 0 fully saturated rings. The van der Waals surface area contributed by atoms with E-state index in [4.69, 9.17) is 0 Å². The standard InChI is InChI=1S/C12H11IN2O6/c1-20-11(16)6-10(12(17)21-2)14-9-5-7(15(18)19)3-4-8(9)13/h3-6,14H,1-2H3/b10-6+. The van der Waals surface area contributed by atoms with E-state index in [1.54, 1.807) is 0 Å². The third-order valence-electron chi connectivity index (χ3n) is 2.30. The summed E-state index contributed by atoms with van der Waals surface area (Å²) in [7, 11) is 2.30. The Hall–Kier alpha value is -2.17. The number of methoxy groups -OCH3 is 2. The topological polar surface area (TPSA) is 108 Å². The largest absolute Gasteiger partial charge is 0.466 e. The Bertz CT molecular complexity index is 614. The van der Waals surface area contributed by atoms with Gasteiger partial charge in [-0.05, 0) is 28.7 Å². The van der Waals surface area contributed by atoms with E-state index in [1.807, 2.05) is 22.6 Å². The van der Waals surface area contributed by atoms with Gasteiger partial charge in [-0.2, -0.15) is 0 Å². The molecule has 0 atom stereocenters. The van der Waals surface area contributed by atoms with Crippen LogP contribution in [0.15, 0.2) is 30.0 Å². The lowest BCUT2D eigenvalue weighted by Crippen LogP contribution is -2.16. The van der Waals surface area contributed by atoms with Gasteiger partial charge in [0.2, 0.25) is 0 Å². The normalized spacial score (nSPS) is 10.7. The molecule has 1 rings (SSSR count). The highest BCUT2D eigenvalue weighted by molar-refractivity contribution is 14.1. The zero-order valence-corrected chi connectivity index (χ0v) is 13.2. The van der Waals surface area contributed by atoms with E-state index in [2.05, 4.69) is 14.8 Å². The SMILES string of the molecule is COC(=O)/C=C(/Nc1cc([N+](=O)[O-])ccc1I)C(=O)OC. The van der Waals surface area contributed by atoms with Gasteiger partial charge >= 0.3 is 11.9 Å². The van der Waals surface area contributed by atoms with Crippen LogP contribution in [0.3, 0.4) is 0 Å². The smallest absolute Gasteiger partial charge is 0.354 e. The van der Waals surface area contributed by atoms with Crippen LogP contribution in [0.2, 0.25) is 0 Å². The van der Waals surface area contributed by atoms with Crippen LogP contribution < -0.4 is 5.32 Å². The van der Waals surface area contributed by atoms with Gasteiger partial charge in [-0.3, -0.25) is 10.1 Å². The summed E-state index contributed by atoms with van der Waals surface area (Å²) in [5.41, 5.74) is -0.0479. The van der Waals surface area contributed by atoms with Gasteiger partial charge in [0.1, 0.15) is 5.70 Å². The Kier molecular flexibility index (Phi) is 6.09. The molecule has 8 nitrogen and oxygen atoms in total. The first kappa shape index (κ1) is 16.9. The number of non-ortho nitro benzene ring substituents is 1. The summed E-state index contributed by atoms with van der Waals surface area (Å²) >= 11 is 1.93. The number of anilines is 1. The number of rotatable bonds is 5. The zero-order valence-electron chi connectivity index (χ0n) is 11.1. The van der Waals surface area contributed by atoms with Gasteiger partial charge in [0.15, 0.2) is 0 Å². The van der Waals surface area contributed by atoms with E-state index in [0.29, 0.717) is 9.26 Å². The van der Waals surface area contributed by atoms with Crippen molar-refractivity contribution in [3.8, 4) is 0 Å². The lowest BCUT2D eigenvalue weighted by Gasteiger charge is -2.10. The van der Waals surface area contributed by atoms with Crippen molar-refractivity contribution in [3.63, 3.8) is 0 Å². The Morgan fingerprint density at radius 2 is 2.00 bits per heavy atom. The first-order chi connectivity index (χ1) is 9.88. The highest BCUT2D eigenvalue weighted by Gasteiger charge is 2.16. The number of carbonyl (C=O) groups is 2. The molecule has 0 saturated heterocycles. The predicted molar refractivity (Wildman–Crippen MR) is 81.6 cm³/mol. The van der Waals surface area contributed by atoms with Crippen molar-refractivity contribution >= 4 is 45.9 Å². The van der Waals surface area contributed by atoms with Crippen molar-refractivity contribution in [3.05, 3.63) is 43.7 Å². The van der Waals surface area contributed by atoms with Crippen molar-refractivity contribution in [1.29, 1.82) is 0 Å². The average molecular weight is 406 g/mol. The maximum absolute atomic E-state index is 11.6. The molecule has 0 aliphatic carbocycles. The molecule has 0 heterocycles. The Morgan fingerprint density at radius 3 is 2.52 bits per heavy atom. The van der Waals surface area contributed by atoms with E-state index >= 15 is 0 Å². The van der Waals surface area contributed by atoms with Gasteiger partial charge in [0, 0.05) is 15.7 Å². The van der Waals surface area contributed by atoms with Gasteiger partial charge in [-0.1, -0.05) is 0 Å². The third kappa shape index (κ3) is 4.70. The molecule has 1 aromatic rings. The molecule has 0 saturated carbocycles. The highest BCUT2D eigenvalue weighted by atomic mass is 127. The van der Waals surface area contributed by atoms with Gasteiger partial charge in [0.25, 0.3) is 5.69 Å². The second kappa shape index (κ2) is 7.57. The second-order valence-corrected chi connectivity index (χ2v) is 4.78. The molecule has 0 unspecified atom stereocenters. The van der Waals surface area contributed by atoms with Crippen LogP contribution >= 0.6 is 22.6 Å². The third-order valence-corrected chi connectivity index (χ3v) is 3.24. The fourth-order valence-electron chi connectivity index (χ4n) is 1.30. The molecule has 0 amide bonds. The van der Waals surface area contributed by atoms with Crippen molar-refractivity contribution < 1.29 is 24.0 Å². The number of benzene rings is 1. The molecule has 1 aromatic carbocycles. The molecule has 0 aromatic heterocycles. The van der Waals surface area contributed by atoms with Gasteiger partial charge in [0.05, 0.1) is 30.9 Å². The van der Waals surface area contributed by atoms with Gasteiger partial charge < -0.3 is 14.8 Å². The summed E-state index contributed by atoms with van der Waals surface area (Å²) in [6.07, 6.45) is 0.904. The van der Waals surface area contributed by atoms with E-state index in [-0.39, 0.29) is 11.4 Å². The molecule has 0 radical (unpaired) electrons. The molecular weight excluding hydrogens is 395 g/mol. The van der Waals surface area contributed by atoms with Crippen LogP contribution in [0.1, 0.15) is 0 Å². The minimum atomic E-state index is -0.803. The predicted octanol–water partition coefficient (Wildman–Crippen LogP) is 1.84. The van der Waals surface area contributed by atoms with Crippen LogP contribution in [-0.2, 0) is 19.1 Å². The number of nitrogens with zero attached hydrogens (tertiary/aromatic N) is 1. The lowest BCUT2D eigenvalue weighted by atomic mass is 10.2. The quantitative estimate of drug-likeness (QED) is 0.261. The maximum Gasteiger partial charge on any atom is 0.354 e. The monoisotopic (exact) mass is 406 g/mol. The van der Waals surface area contributed by atoms with Crippen LogP contribution in [0.5, 0.6) is 0 Å². The molecule has 0 bridgehead atoms. The van der Waals surface area contributed by atoms with E-state index < -0.39 is 16.9 Å². The molecule has 9 heteroatoms. The maximum atomic E-state index is 11.6. The Labute approximate surface area is 133 Å². The van der Waals surface area contributed by atoms with E-state index in [0.717, 1.165) is 20.3 Å². The number of nitro benzene ring substituents is 1. The summed E-state index contributed by atoms with van der Waals surface area (Å²) in [4.78, 5) is 33.0. The Balaban J connectivity index is 3.17. The van der Waals surface area contributed by atoms with Crippen LogP contribution in [0, 0.1) is 13.7 Å². The number of carbonyl (C=O) groups excluding carboxylic acids is 2.